The molecule has 2 amide bonds. The topological polar surface area (TPSA) is 153 Å². The van der Waals surface area contributed by atoms with Gasteiger partial charge in [-0.05, 0) is 13.2 Å². The Balaban J connectivity index is 2.21. The number of aromatic nitrogens is 4. The van der Waals surface area contributed by atoms with Crippen molar-refractivity contribution in [2.24, 2.45) is 0 Å². The van der Waals surface area contributed by atoms with Crippen LogP contribution < -0.4 is 10.6 Å². The van der Waals surface area contributed by atoms with Gasteiger partial charge in [0, 0.05) is 0 Å². The third-order valence-corrected chi connectivity index (χ3v) is 3.26. The average Bonchev–Trinajstić information content (AvgIpc) is 2.92. The van der Waals surface area contributed by atoms with Crippen molar-refractivity contribution in [3.63, 3.8) is 0 Å². The maximum atomic E-state index is 11.9. The summed E-state index contributed by atoms with van der Waals surface area (Å²) in [7, 11) is 0. The summed E-state index contributed by atoms with van der Waals surface area (Å²) < 4.78 is 0. The monoisotopic (exact) mass is 326 g/mol. The third-order valence-electron chi connectivity index (χ3n) is 2.71. The summed E-state index contributed by atoms with van der Waals surface area (Å²) >= 11 is 1.27. The Kier molecular flexibility index (Phi) is 4.78. The zero-order valence-corrected chi connectivity index (χ0v) is 12.5. The van der Waals surface area contributed by atoms with E-state index in [0.717, 1.165) is 0 Å². The van der Waals surface area contributed by atoms with Crippen LogP contribution in [0.5, 0.6) is 0 Å². The van der Waals surface area contributed by atoms with Gasteiger partial charge in [-0.15, -0.1) is 0 Å². The highest BCUT2D eigenvalue weighted by molar-refractivity contribution is 7.98. The fourth-order valence-corrected chi connectivity index (χ4v) is 2.03. The van der Waals surface area contributed by atoms with Gasteiger partial charge in [0.2, 0.25) is 0 Å². The lowest BCUT2D eigenvalue weighted by Gasteiger charge is -2.17. The van der Waals surface area contributed by atoms with E-state index >= 15 is 0 Å². The molecule has 0 saturated heterocycles. The van der Waals surface area contributed by atoms with E-state index in [9.17, 15) is 14.7 Å². The Bertz CT molecular complexity index is 703. The highest BCUT2D eigenvalue weighted by Crippen LogP contribution is 2.20. The molecule has 2 aromatic heterocycles. The van der Waals surface area contributed by atoms with E-state index in [1.807, 2.05) is 0 Å². The van der Waals surface area contributed by atoms with Crippen LogP contribution in [-0.4, -0.2) is 60.6 Å². The number of rotatable bonds is 5. The smallest absolute Gasteiger partial charge is 0.328 e. The normalized spacial score (nSPS) is 13.6. The summed E-state index contributed by atoms with van der Waals surface area (Å²) in [4.78, 5) is 37.9. The van der Waals surface area contributed by atoms with Crippen LogP contribution in [0, 0.1) is 0 Å². The standard InChI is InChI=1S/C11H14N6O4S/c1-4(18)5(9(19)20)14-10(21)15-8-6-7(13-3-12-6)16-11(17-8)22-2/h3-5,18H,1-2H3,(H,19,20)(H3,12,13,14,15,16,17,21)/t4?,5-/m0/s1. The predicted octanol–water partition coefficient (Wildman–Crippen LogP) is 0.0303. The third kappa shape index (κ3) is 3.43. The fourth-order valence-electron chi connectivity index (χ4n) is 1.67. The van der Waals surface area contributed by atoms with Gasteiger partial charge in [0.05, 0.1) is 12.4 Å². The Labute approximate surface area is 128 Å². The van der Waals surface area contributed by atoms with Crippen LogP contribution in [0.2, 0.25) is 0 Å². The van der Waals surface area contributed by atoms with Gasteiger partial charge < -0.3 is 20.5 Å². The molecule has 22 heavy (non-hydrogen) atoms. The number of carboxylic acids is 1. The zero-order chi connectivity index (χ0) is 16.3. The SMILES string of the molecule is CSc1nc(NC(=O)N[C@H](C(=O)O)C(C)O)c2[nH]cnc2n1. The number of anilines is 1. The van der Waals surface area contributed by atoms with Crippen molar-refractivity contribution in [3.05, 3.63) is 6.33 Å². The molecule has 0 fully saturated rings. The minimum absolute atomic E-state index is 0.166. The van der Waals surface area contributed by atoms with E-state index in [-0.39, 0.29) is 5.82 Å². The van der Waals surface area contributed by atoms with Crippen LogP contribution in [0.1, 0.15) is 6.92 Å². The minimum atomic E-state index is -1.43. The summed E-state index contributed by atoms with van der Waals surface area (Å²) in [5, 5.41) is 23.3. The van der Waals surface area contributed by atoms with Crippen molar-refractivity contribution in [3.8, 4) is 0 Å². The number of imidazole rings is 1. The molecule has 5 N–H and O–H groups in total. The van der Waals surface area contributed by atoms with Gasteiger partial charge in [-0.2, -0.15) is 0 Å². The number of carbonyl (C=O) groups is 2. The summed E-state index contributed by atoms with van der Waals surface area (Å²) in [6.07, 6.45) is 1.93. The van der Waals surface area contributed by atoms with Crippen molar-refractivity contribution in [2.45, 2.75) is 24.2 Å². The molecule has 0 aliphatic carbocycles. The Morgan fingerprint density at radius 1 is 1.41 bits per heavy atom. The van der Waals surface area contributed by atoms with Crippen LogP contribution in [0.4, 0.5) is 10.6 Å². The molecule has 2 rings (SSSR count). The summed E-state index contributed by atoms with van der Waals surface area (Å²) in [6, 6.07) is -2.24. The second kappa shape index (κ2) is 6.58. The maximum Gasteiger partial charge on any atom is 0.328 e. The van der Waals surface area contributed by atoms with E-state index in [1.54, 1.807) is 6.26 Å². The van der Waals surface area contributed by atoms with E-state index in [4.69, 9.17) is 5.11 Å². The van der Waals surface area contributed by atoms with Crippen molar-refractivity contribution < 1.29 is 19.8 Å². The molecule has 0 aliphatic heterocycles. The predicted molar refractivity (Wildman–Crippen MR) is 78.7 cm³/mol. The van der Waals surface area contributed by atoms with Crippen LogP contribution in [0.3, 0.4) is 0 Å². The first kappa shape index (κ1) is 16.0. The molecule has 2 aromatic rings. The van der Waals surface area contributed by atoms with Gasteiger partial charge in [0.15, 0.2) is 22.7 Å². The van der Waals surface area contributed by atoms with Crippen LogP contribution >= 0.6 is 11.8 Å². The number of carboxylic acid groups (broad SMARTS) is 1. The number of nitrogens with zero attached hydrogens (tertiary/aromatic N) is 3. The summed E-state index contributed by atoms with van der Waals surface area (Å²) in [6.45, 7) is 1.27. The van der Waals surface area contributed by atoms with Crippen LogP contribution in [-0.2, 0) is 4.79 Å². The number of fused-ring (bicyclic) bond motifs is 1. The lowest BCUT2D eigenvalue weighted by atomic mass is 10.2. The molecular weight excluding hydrogens is 312 g/mol. The van der Waals surface area contributed by atoms with Gasteiger partial charge >= 0.3 is 12.0 Å². The highest BCUT2D eigenvalue weighted by Gasteiger charge is 2.25. The number of urea groups is 1. The average molecular weight is 326 g/mol. The quantitative estimate of drug-likeness (QED) is 0.381. The van der Waals surface area contributed by atoms with Crippen molar-refractivity contribution in [1.29, 1.82) is 0 Å². The molecule has 0 aliphatic rings. The number of thioether (sulfide) groups is 1. The van der Waals surface area contributed by atoms with Crippen LogP contribution in [0.25, 0.3) is 11.2 Å². The fraction of sp³-hybridized carbons (Fsp3) is 0.364. The lowest BCUT2D eigenvalue weighted by Crippen LogP contribution is -2.49. The first-order chi connectivity index (χ1) is 10.4. The van der Waals surface area contributed by atoms with Gasteiger partial charge in [-0.25, -0.2) is 24.5 Å². The van der Waals surface area contributed by atoms with E-state index < -0.39 is 24.1 Å². The number of amides is 2. The number of H-pyrrole nitrogens is 1. The lowest BCUT2D eigenvalue weighted by molar-refractivity contribution is -0.141. The van der Waals surface area contributed by atoms with Gasteiger partial charge in [0.25, 0.3) is 0 Å². The number of nitrogens with one attached hydrogen (secondary N) is 3. The molecule has 0 saturated carbocycles. The Hall–Kier alpha value is -2.40. The first-order valence-corrected chi connectivity index (χ1v) is 7.38. The number of aliphatic hydroxyl groups excluding tert-OH is 1. The highest BCUT2D eigenvalue weighted by atomic mass is 32.2. The molecule has 118 valence electrons. The van der Waals surface area contributed by atoms with Gasteiger partial charge in [-0.1, -0.05) is 11.8 Å². The number of hydrogen-bond acceptors (Lipinski definition) is 7. The van der Waals surface area contributed by atoms with Crippen molar-refractivity contribution >= 4 is 40.7 Å². The maximum absolute atomic E-state index is 11.9. The number of carbonyl (C=O) groups excluding carboxylic acids is 1. The molecule has 0 radical (unpaired) electrons. The van der Waals surface area contributed by atoms with E-state index in [2.05, 4.69) is 30.6 Å². The molecule has 10 nitrogen and oxygen atoms in total. The number of aliphatic hydroxyl groups is 1. The Morgan fingerprint density at radius 2 is 2.14 bits per heavy atom. The van der Waals surface area contributed by atoms with Crippen molar-refractivity contribution in [2.75, 3.05) is 11.6 Å². The molecule has 2 atom stereocenters. The molecule has 0 spiro atoms. The summed E-state index contributed by atoms with van der Waals surface area (Å²) in [5.41, 5.74) is 0.789. The number of aliphatic carboxylic acids is 1. The first-order valence-electron chi connectivity index (χ1n) is 6.16. The largest absolute Gasteiger partial charge is 0.480 e. The molecule has 11 heteroatoms. The second-order valence-corrected chi connectivity index (χ2v) is 5.09. The molecule has 0 aromatic carbocycles. The second-order valence-electron chi connectivity index (χ2n) is 4.32. The van der Waals surface area contributed by atoms with Crippen LogP contribution in [0.15, 0.2) is 11.5 Å². The summed E-state index contributed by atoms with van der Waals surface area (Å²) in [5.74, 6) is -1.18. The van der Waals surface area contributed by atoms with Gasteiger partial charge in [0.1, 0.15) is 5.52 Å². The van der Waals surface area contributed by atoms with E-state index in [0.29, 0.717) is 16.3 Å². The molecule has 1 unspecified atom stereocenters. The molecule has 2 heterocycles. The molecule has 0 bridgehead atoms. The molecular formula is C11H14N6O4S. The van der Waals surface area contributed by atoms with Gasteiger partial charge in [-0.3, -0.25) is 5.32 Å². The number of hydrogen-bond donors (Lipinski definition) is 5. The minimum Gasteiger partial charge on any atom is -0.480 e. The van der Waals surface area contributed by atoms with Crippen molar-refractivity contribution in [1.82, 2.24) is 25.3 Å². The number of aromatic amines is 1. The van der Waals surface area contributed by atoms with E-state index in [1.165, 1.54) is 25.0 Å². The zero-order valence-electron chi connectivity index (χ0n) is 11.7. The Morgan fingerprint density at radius 3 is 2.73 bits per heavy atom.